The lowest BCUT2D eigenvalue weighted by atomic mass is 10.0. The highest BCUT2D eigenvalue weighted by molar-refractivity contribution is 5.76. The molecule has 0 unspecified atom stereocenters. The Hall–Kier alpha value is -3.52. The number of carbonyl (C=O) groups excluding carboxylic acids is 1. The summed E-state index contributed by atoms with van der Waals surface area (Å²) in [4.78, 5) is 37.8. The Labute approximate surface area is 217 Å². The number of piperazine rings is 1. The largest absolute Gasteiger partial charge is 0.366 e. The molecule has 0 atom stereocenters. The average Bonchev–Trinajstić information content (AvgIpc) is 2.92. The van der Waals surface area contributed by atoms with Crippen molar-refractivity contribution < 1.29 is 9.18 Å². The molecule has 2 aliphatic heterocycles. The topological polar surface area (TPSA) is 61.7 Å². The third-order valence-electron chi connectivity index (χ3n) is 7.32. The van der Waals surface area contributed by atoms with E-state index in [0.29, 0.717) is 57.1 Å². The second-order valence-electron chi connectivity index (χ2n) is 9.86. The van der Waals surface area contributed by atoms with Crippen molar-refractivity contribution >= 4 is 11.6 Å². The first-order chi connectivity index (χ1) is 18.0. The van der Waals surface area contributed by atoms with E-state index in [1.165, 1.54) is 11.6 Å². The van der Waals surface area contributed by atoms with Crippen LogP contribution in [0.1, 0.15) is 36.0 Å². The SMILES string of the molecule is CCCc1nc2c(c(=O)n1CC(=O)N1CCN(c3ccccc3F)CC1)CCN(Cc1ccccc1)C2. The van der Waals surface area contributed by atoms with Crippen LogP contribution in [-0.4, -0.2) is 58.0 Å². The van der Waals surface area contributed by atoms with Gasteiger partial charge in [-0.05, 0) is 30.5 Å². The van der Waals surface area contributed by atoms with Gasteiger partial charge >= 0.3 is 0 Å². The number of nitrogens with zero attached hydrogens (tertiary/aromatic N) is 5. The fraction of sp³-hybridized carbons (Fsp3) is 0.414. The molecule has 8 heteroatoms. The second kappa shape index (κ2) is 11.3. The maximum atomic E-state index is 14.2. The van der Waals surface area contributed by atoms with Crippen LogP contribution in [0.5, 0.6) is 0 Å². The Bertz CT molecular complexity index is 1300. The molecule has 3 aromatic rings. The predicted octanol–water partition coefficient (Wildman–Crippen LogP) is 3.24. The van der Waals surface area contributed by atoms with Gasteiger partial charge in [-0.15, -0.1) is 0 Å². The van der Waals surface area contributed by atoms with Gasteiger partial charge in [0.05, 0.1) is 11.4 Å². The van der Waals surface area contributed by atoms with Gasteiger partial charge in [-0.1, -0.05) is 49.4 Å². The van der Waals surface area contributed by atoms with Crippen LogP contribution in [0.3, 0.4) is 0 Å². The normalized spacial score (nSPS) is 16.1. The zero-order valence-corrected chi connectivity index (χ0v) is 21.4. The average molecular weight is 504 g/mol. The van der Waals surface area contributed by atoms with Crippen LogP contribution in [0.2, 0.25) is 0 Å². The second-order valence-corrected chi connectivity index (χ2v) is 9.86. The fourth-order valence-electron chi connectivity index (χ4n) is 5.32. The smallest absolute Gasteiger partial charge is 0.257 e. The Morgan fingerprint density at radius 1 is 0.973 bits per heavy atom. The fourth-order valence-corrected chi connectivity index (χ4v) is 5.32. The van der Waals surface area contributed by atoms with E-state index in [2.05, 4.69) is 24.0 Å². The molecule has 1 amide bonds. The van der Waals surface area contributed by atoms with Crippen LogP contribution in [0.4, 0.5) is 10.1 Å². The third-order valence-corrected chi connectivity index (χ3v) is 7.32. The number of fused-ring (bicyclic) bond motifs is 1. The highest BCUT2D eigenvalue weighted by Gasteiger charge is 2.27. The van der Waals surface area contributed by atoms with Gasteiger partial charge in [0.25, 0.3) is 5.56 Å². The van der Waals surface area contributed by atoms with Gasteiger partial charge in [0.1, 0.15) is 18.2 Å². The molecule has 1 aromatic heterocycles. The van der Waals surface area contributed by atoms with E-state index in [9.17, 15) is 14.0 Å². The Morgan fingerprint density at radius 2 is 1.70 bits per heavy atom. The van der Waals surface area contributed by atoms with E-state index < -0.39 is 0 Å². The number of rotatable bonds is 7. The number of hydrogen-bond acceptors (Lipinski definition) is 5. The van der Waals surface area contributed by atoms with Gasteiger partial charge < -0.3 is 9.80 Å². The Balaban J connectivity index is 1.29. The number of para-hydroxylation sites is 1. The van der Waals surface area contributed by atoms with E-state index >= 15 is 0 Å². The molecule has 7 nitrogen and oxygen atoms in total. The summed E-state index contributed by atoms with van der Waals surface area (Å²) in [6.07, 6.45) is 2.12. The summed E-state index contributed by atoms with van der Waals surface area (Å²) in [5.74, 6) is 0.350. The minimum absolute atomic E-state index is 0.00186. The summed E-state index contributed by atoms with van der Waals surface area (Å²) < 4.78 is 15.8. The molecular weight excluding hydrogens is 469 g/mol. The van der Waals surface area contributed by atoms with Crippen molar-refractivity contribution in [3.63, 3.8) is 0 Å². The number of aromatic nitrogens is 2. The monoisotopic (exact) mass is 503 g/mol. The summed E-state index contributed by atoms with van der Waals surface area (Å²) in [7, 11) is 0. The van der Waals surface area contributed by atoms with Crippen molar-refractivity contribution in [2.75, 3.05) is 37.6 Å². The predicted molar refractivity (Wildman–Crippen MR) is 142 cm³/mol. The first-order valence-electron chi connectivity index (χ1n) is 13.2. The summed E-state index contributed by atoms with van der Waals surface area (Å²) in [5, 5.41) is 0. The lowest BCUT2D eigenvalue weighted by Crippen LogP contribution is -2.50. The molecule has 0 N–H and O–H groups in total. The molecular formula is C29H34FN5O2. The number of amides is 1. The molecule has 5 rings (SSSR count). The number of anilines is 1. The minimum Gasteiger partial charge on any atom is -0.366 e. The van der Waals surface area contributed by atoms with Crippen LogP contribution in [0, 0.1) is 5.82 Å². The molecule has 37 heavy (non-hydrogen) atoms. The zero-order valence-electron chi connectivity index (χ0n) is 21.4. The van der Waals surface area contributed by atoms with Gasteiger partial charge in [-0.25, -0.2) is 9.37 Å². The highest BCUT2D eigenvalue weighted by Crippen LogP contribution is 2.21. The maximum Gasteiger partial charge on any atom is 0.257 e. The standard InChI is InChI=1S/C29H34FN5O2/c1-2-8-27-31-25-20-32(19-22-9-4-3-5-10-22)14-13-23(25)29(37)35(27)21-28(36)34-17-15-33(16-18-34)26-12-7-6-11-24(26)30/h3-7,9-12H,2,8,13-21H2,1H3. The number of benzene rings is 2. The third kappa shape index (κ3) is 5.59. The van der Waals surface area contributed by atoms with E-state index in [1.54, 1.807) is 21.6 Å². The van der Waals surface area contributed by atoms with E-state index in [-0.39, 0.29) is 23.8 Å². The van der Waals surface area contributed by atoms with Gasteiger partial charge in [-0.2, -0.15) is 0 Å². The van der Waals surface area contributed by atoms with Gasteiger partial charge in [0.2, 0.25) is 5.91 Å². The number of halogens is 1. The quantitative estimate of drug-likeness (QED) is 0.496. The van der Waals surface area contributed by atoms with Gasteiger partial charge in [0, 0.05) is 57.8 Å². The molecule has 0 saturated carbocycles. The van der Waals surface area contributed by atoms with Crippen LogP contribution in [-0.2, 0) is 37.3 Å². The summed E-state index contributed by atoms with van der Waals surface area (Å²) in [6, 6.07) is 17.1. The molecule has 0 spiro atoms. The molecule has 0 radical (unpaired) electrons. The minimum atomic E-state index is -0.250. The molecule has 1 saturated heterocycles. The van der Waals surface area contributed by atoms with E-state index in [4.69, 9.17) is 4.98 Å². The van der Waals surface area contributed by atoms with E-state index in [1.807, 2.05) is 29.2 Å². The highest BCUT2D eigenvalue weighted by atomic mass is 19.1. The molecule has 0 aliphatic carbocycles. The van der Waals surface area contributed by atoms with Crippen LogP contribution < -0.4 is 10.5 Å². The van der Waals surface area contributed by atoms with Crippen molar-refractivity contribution in [3.8, 4) is 0 Å². The summed E-state index contributed by atoms with van der Waals surface area (Å²) in [6.45, 7) is 6.43. The molecule has 3 heterocycles. The Kier molecular flexibility index (Phi) is 7.65. The molecule has 2 aliphatic rings. The first-order valence-corrected chi connectivity index (χ1v) is 13.2. The molecule has 194 valence electrons. The van der Waals surface area contributed by atoms with Crippen LogP contribution in [0.15, 0.2) is 59.4 Å². The van der Waals surface area contributed by atoms with Crippen LogP contribution >= 0.6 is 0 Å². The van der Waals surface area contributed by atoms with Gasteiger partial charge in [-0.3, -0.25) is 19.1 Å². The molecule has 1 fully saturated rings. The number of carbonyl (C=O) groups is 1. The van der Waals surface area contributed by atoms with Crippen molar-refractivity contribution in [2.24, 2.45) is 0 Å². The van der Waals surface area contributed by atoms with Crippen molar-refractivity contribution in [3.05, 3.63) is 93.4 Å². The summed E-state index contributed by atoms with van der Waals surface area (Å²) in [5.41, 5.74) is 3.32. The Morgan fingerprint density at radius 3 is 2.43 bits per heavy atom. The maximum absolute atomic E-state index is 14.2. The first kappa shape index (κ1) is 25.1. The van der Waals surface area contributed by atoms with E-state index in [0.717, 1.165) is 30.8 Å². The van der Waals surface area contributed by atoms with Crippen molar-refractivity contribution in [1.82, 2.24) is 19.4 Å². The van der Waals surface area contributed by atoms with Crippen molar-refractivity contribution in [2.45, 2.75) is 45.8 Å². The lowest BCUT2D eigenvalue weighted by molar-refractivity contribution is -0.132. The van der Waals surface area contributed by atoms with Crippen molar-refractivity contribution in [1.29, 1.82) is 0 Å². The van der Waals surface area contributed by atoms with Crippen LogP contribution in [0.25, 0.3) is 0 Å². The number of hydrogen-bond donors (Lipinski definition) is 0. The zero-order chi connectivity index (χ0) is 25.8. The lowest BCUT2D eigenvalue weighted by Gasteiger charge is -2.36. The summed E-state index contributed by atoms with van der Waals surface area (Å²) >= 11 is 0. The molecule has 0 bridgehead atoms. The molecule has 2 aromatic carbocycles. The number of aryl methyl sites for hydroxylation is 1. The van der Waals surface area contributed by atoms with Gasteiger partial charge in [0.15, 0.2) is 0 Å².